The summed E-state index contributed by atoms with van der Waals surface area (Å²) in [7, 11) is 3.14. The monoisotopic (exact) mass is 366 g/mol. The van der Waals surface area contributed by atoms with Crippen LogP contribution in [0, 0.1) is 11.8 Å². The van der Waals surface area contributed by atoms with Crippen molar-refractivity contribution in [1.29, 1.82) is 0 Å². The molecule has 7 nitrogen and oxygen atoms in total. The van der Waals surface area contributed by atoms with Crippen LogP contribution in [0.3, 0.4) is 0 Å². The zero-order valence-corrected chi connectivity index (χ0v) is 14.9. The number of ether oxygens (including phenoxy) is 3. The van der Waals surface area contributed by atoms with Gasteiger partial charge >= 0.3 is 5.97 Å². The molecule has 138 valence electrons. The van der Waals surface area contributed by atoms with Crippen LogP contribution >= 0.6 is 0 Å². The van der Waals surface area contributed by atoms with Gasteiger partial charge in [-0.25, -0.2) is 9.78 Å². The zero-order chi connectivity index (χ0) is 19.2. The average molecular weight is 366 g/mol. The summed E-state index contributed by atoms with van der Waals surface area (Å²) in [6.45, 7) is -0.333. The van der Waals surface area contributed by atoms with E-state index in [1.165, 1.54) is 0 Å². The molecule has 0 aliphatic heterocycles. The predicted octanol–water partition coefficient (Wildman–Crippen LogP) is 2.35. The number of carboxylic acids is 1. The number of fused-ring (bicyclic) bond motifs is 1. The van der Waals surface area contributed by atoms with E-state index in [1.54, 1.807) is 26.4 Å². The number of imidazole rings is 1. The highest BCUT2D eigenvalue weighted by Gasteiger charge is 2.11. The Morgan fingerprint density at radius 2 is 1.96 bits per heavy atom. The number of carbonyl (C=O) groups is 1. The maximum Gasteiger partial charge on any atom is 0.329 e. The highest BCUT2D eigenvalue weighted by Crippen LogP contribution is 2.27. The first-order chi connectivity index (χ1) is 13.1. The fraction of sp³-hybridized carbons (Fsp3) is 0.200. The number of benzene rings is 1. The van der Waals surface area contributed by atoms with E-state index in [0.717, 1.165) is 5.56 Å². The predicted molar refractivity (Wildman–Crippen MR) is 98.0 cm³/mol. The second kappa shape index (κ2) is 8.25. The molecule has 1 aromatic carbocycles. The quantitative estimate of drug-likeness (QED) is 0.675. The number of hydrogen-bond donors (Lipinski definition) is 1. The van der Waals surface area contributed by atoms with Gasteiger partial charge in [0.2, 0.25) is 0 Å². The Morgan fingerprint density at radius 3 is 2.70 bits per heavy atom. The molecule has 0 saturated carbocycles. The van der Waals surface area contributed by atoms with Gasteiger partial charge in [-0.3, -0.25) is 4.40 Å². The van der Waals surface area contributed by atoms with Crippen molar-refractivity contribution in [3.05, 3.63) is 59.5 Å². The third-order valence-electron chi connectivity index (χ3n) is 3.78. The molecule has 0 bridgehead atoms. The lowest BCUT2D eigenvalue weighted by Gasteiger charge is -2.06. The number of aliphatic carboxylic acids is 1. The number of nitrogens with zero attached hydrogens (tertiary/aromatic N) is 2. The SMILES string of the molecule is COc1ccc(C#Cc2c(COCC(=O)O)nc3ccccn23)cc1OC. The minimum absolute atomic E-state index is 0.0595. The van der Waals surface area contributed by atoms with E-state index in [-0.39, 0.29) is 6.61 Å². The van der Waals surface area contributed by atoms with Gasteiger partial charge in [0.25, 0.3) is 0 Å². The Kier molecular flexibility index (Phi) is 5.59. The molecule has 27 heavy (non-hydrogen) atoms. The van der Waals surface area contributed by atoms with Crippen molar-refractivity contribution in [2.24, 2.45) is 0 Å². The first-order valence-corrected chi connectivity index (χ1v) is 8.12. The van der Waals surface area contributed by atoms with E-state index in [0.29, 0.717) is 28.5 Å². The van der Waals surface area contributed by atoms with E-state index in [4.69, 9.17) is 19.3 Å². The minimum Gasteiger partial charge on any atom is -0.493 e. The highest BCUT2D eigenvalue weighted by molar-refractivity contribution is 5.68. The van der Waals surface area contributed by atoms with Gasteiger partial charge in [-0.2, -0.15) is 0 Å². The van der Waals surface area contributed by atoms with E-state index in [9.17, 15) is 4.79 Å². The summed E-state index contributed by atoms with van der Waals surface area (Å²) in [6.07, 6.45) is 1.85. The van der Waals surface area contributed by atoms with Gasteiger partial charge in [0, 0.05) is 11.8 Å². The third kappa shape index (κ3) is 4.19. The summed E-state index contributed by atoms with van der Waals surface area (Å²) in [6, 6.07) is 11.0. The lowest BCUT2D eigenvalue weighted by Crippen LogP contribution is -2.07. The summed E-state index contributed by atoms with van der Waals surface area (Å²) in [4.78, 5) is 15.2. The lowest BCUT2D eigenvalue weighted by atomic mass is 10.2. The Labute approximate surface area is 156 Å². The van der Waals surface area contributed by atoms with Crippen molar-refractivity contribution in [2.75, 3.05) is 20.8 Å². The minimum atomic E-state index is -1.03. The molecule has 2 aromatic heterocycles. The molecule has 0 aliphatic carbocycles. The molecule has 0 fully saturated rings. The molecule has 3 aromatic rings. The summed E-state index contributed by atoms with van der Waals surface area (Å²) in [5.41, 5.74) is 2.68. The number of carboxylic acid groups (broad SMARTS) is 1. The molecule has 0 unspecified atom stereocenters. The Hall–Kier alpha value is -3.50. The number of methoxy groups -OCH3 is 2. The maximum atomic E-state index is 10.7. The van der Waals surface area contributed by atoms with Gasteiger partial charge in [0.15, 0.2) is 11.5 Å². The van der Waals surface area contributed by atoms with Crippen LogP contribution < -0.4 is 9.47 Å². The van der Waals surface area contributed by atoms with Crippen molar-refractivity contribution in [2.45, 2.75) is 6.61 Å². The molecule has 1 N–H and O–H groups in total. The van der Waals surface area contributed by atoms with E-state index in [1.807, 2.05) is 34.9 Å². The van der Waals surface area contributed by atoms with Crippen LogP contribution in [-0.2, 0) is 16.1 Å². The molecule has 3 rings (SSSR count). The van der Waals surface area contributed by atoms with Gasteiger partial charge in [-0.1, -0.05) is 12.0 Å². The normalized spacial score (nSPS) is 10.3. The molecule has 0 saturated heterocycles. The van der Waals surface area contributed by atoms with Gasteiger partial charge in [-0.05, 0) is 36.3 Å². The molecule has 7 heteroatoms. The van der Waals surface area contributed by atoms with Gasteiger partial charge in [-0.15, -0.1) is 0 Å². The molecule has 0 amide bonds. The Bertz CT molecular complexity index is 1030. The van der Waals surface area contributed by atoms with E-state index in [2.05, 4.69) is 16.8 Å². The maximum absolute atomic E-state index is 10.7. The summed E-state index contributed by atoms with van der Waals surface area (Å²) in [5.74, 6) is 6.38. The van der Waals surface area contributed by atoms with Crippen LogP contribution in [0.15, 0.2) is 42.6 Å². The fourth-order valence-electron chi connectivity index (χ4n) is 2.56. The van der Waals surface area contributed by atoms with Gasteiger partial charge in [0.1, 0.15) is 23.6 Å². The first-order valence-electron chi connectivity index (χ1n) is 8.12. The Balaban J connectivity index is 1.96. The molecule has 0 atom stereocenters. The summed E-state index contributed by atoms with van der Waals surface area (Å²) in [5, 5.41) is 8.74. The van der Waals surface area contributed by atoms with Gasteiger partial charge < -0.3 is 19.3 Å². The number of rotatable bonds is 6. The molecule has 0 aliphatic rings. The van der Waals surface area contributed by atoms with Crippen molar-refractivity contribution >= 4 is 11.6 Å². The summed E-state index contributed by atoms with van der Waals surface area (Å²) >= 11 is 0. The van der Waals surface area contributed by atoms with Crippen LogP contribution in [0.25, 0.3) is 5.65 Å². The van der Waals surface area contributed by atoms with Crippen LogP contribution in [0.5, 0.6) is 11.5 Å². The van der Waals surface area contributed by atoms with Gasteiger partial charge in [0.05, 0.1) is 20.8 Å². The molecule has 0 radical (unpaired) electrons. The number of hydrogen-bond acceptors (Lipinski definition) is 5. The van der Waals surface area contributed by atoms with E-state index < -0.39 is 12.6 Å². The van der Waals surface area contributed by atoms with E-state index >= 15 is 0 Å². The van der Waals surface area contributed by atoms with Crippen LogP contribution in [0.1, 0.15) is 17.0 Å². The van der Waals surface area contributed by atoms with Crippen molar-refractivity contribution in [3.63, 3.8) is 0 Å². The van der Waals surface area contributed by atoms with Crippen LogP contribution in [0.2, 0.25) is 0 Å². The van der Waals surface area contributed by atoms with Crippen molar-refractivity contribution in [3.8, 4) is 23.3 Å². The van der Waals surface area contributed by atoms with Crippen LogP contribution in [-0.4, -0.2) is 41.3 Å². The van der Waals surface area contributed by atoms with Crippen LogP contribution in [0.4, 0.5) is 0 Å². The zero-order valence-electron chi connectivity index (χ0n) is 14.9. The first kappa shape index (κ1) is 18.3. The molecule has 0 spiro atoms. The number of aromatic nitrogens is 2. The topological polar surface area (TPSA) is 82.3 Å². The smallest absolute Gasteiger partial charge is 0.329 e. The second-order valence-electron chi connectivity index (χ2n) is 5.54. The van der Waals surface area contributed by atoms with Crippen molar-refractivity contribution in [1.82, 2.24) is 9.38 Å². The Morgan fingerprint density at radius 1 is 1.15 bits per heavy atom. The molecular formula is C20H18N2O5. The second-order valence-corrected chi connectivity index (χ2v) is 5.54. The average Bonchev–Trinajstić information content (AvgIpc) is 3.03. The highest BCUT2D eigenvalue weighted by atomic mass is 16.5. The molecule has 2 heterocycles. The largest absolute Gasteiger partial charge is 0.493 e. The lowest BCUT2D eigenvalue weighted by molar-refractivity contribution is -0.142. The fourth-order valence-corrected chi connectivity index (χ4v) is 2.56. The summed E-state index contributed by atoms with van der Waals surface area (Å²) < 4.78 is 17.6. The third-order valence-corrected chi connectivity index (χ3v) is 3.78. The van der Waals surface area contributed by atoms with Crippen molar-refractivity contribution < 1.29 is 24.1 Å². The molecular weight excluding hydrogens is 348 g/mol. The number of pyridine rings is 1. The standard InChI is InChI=1S/C20H18N2O5/c1-25-17-9-7-14(11-18(17)26-2)6-8-16-15(12-27-13-20(23)24)21-19-5-3-4-10-22(16)19/h3-5,7,9-11H,12-13H2,1-2H3,(H,23,24).